The molecule has 15 N–H and O–H groups in total. The summed E-state index contributed by atoms with van der Waals surface area (Å²) in [5, 5.41) is 13.0. The van der Waals surface area contributed by atoms with Crippen molar-refractivity contribution in [2.75, 3.05) is 13.1 Å². The first kappa shape index (κ1) is 46.8. The van der Waals surface area contributed by atoms with Crippen molar-refractivity contribution in [2.45, 2.75) is 135 Å². The summed E-state index contributed by atoms with van der Waals surface area (Å²) in [6, 6.07) is -6.82. The van der Waals surface area contributed by atoms with E-state index in [1.807, 2.05) is 27.7 Å². The largest absolute Gasteiger partial charge is 0.370 e. The lowest BCUT2D eigenvalue weighted by Crippen LogP contribution is -2.59. The quantitative estimate of drug-likeness (QED) is 0.0295. The lowest BCUT2D eigenvalue weighted by molar-refractivity contribution is -0.135. The number of aldehydes is 1. The van der Waals surface area contributed by atoms with Gasteiger partial charge in [0, 0.05) is 6.42 Å². The fraction of sp³-hybridized carbons (Fsp3) is 0.758. The molecule has 6 atom stereocenters. The highest BCUT2D eigenvalue weighted by atomic mass is 16.2. The van der Waals surface area contributed by atoms with E-state index < -0.39 is 84.0 Å². The average Bonchev–Trinajstić information content (AvgIpc) is 3.03. The summed E-state index contributed by atoms with van der Waals surface area (Å²) >= 11 is 0. The first-order valence-corrected chi connectivity index (χ1v) is 17.6. The molecule has 0 heterocycles. The van der Waals surface area contributed by atoms with E-state index in [9.17, 15) is 38.4 Å². The second kappa shape index (κ2) is 25.7. The summed E-state index contributed by atoms with van der Waals surface area (Å²) in [5.74, 6) is -5.35. The van der Waals surface area contributed by atoms with Gasteiger partial charge in [0.05, 0.1) is 18.5 Å². The van der Waals surface area contributed by atoms with E-state index in [1.54, 1.807) is 0 Å². The van der Waals surface area contributed by atoms with Gasteiger partial charge in [-0.1, -0.05) is 27.7 Å². The minimum atomic E-state index is -1.34. The summed E-state index contributed by atoms with van der Waals surface area (Å²) in [6.45, 7) is 8.04. The molecule has 0 spiro atoms. The highest BCUT2D eigenvalue weighted by Crippen LogP contribution is 2.11. The van der Waals surface area contributed by atoms with Gasteiger partial charge in [0.1, 0.15) is 30.5 Å². The fourth-order valence-electron chi connectivity index (χ4n) is 5.09. The Kier molecular flexibility index (Phi) is 23.6. The van der Waals surface area contributed by atoms with E-state index in [1.165, 1.54) is 0 Å². The summed E-state index contributed by atoms with van der Waals surface area (Å²) in [7, 11) is 0. The van der Waals surface area contributed by atoms with E-state index in [4.69, 9.17) is 28.7 Å². The van der Waals surface area contributed by atoms with Crippen molar-refractivity contribution in [2.24, 2.45) is 40.5 Å². The zero-order chi connectivity index (χ0) is 39.1. The van der Waals surface area contributed by atoms with Gasteiger partial charge >= 0.3 is 0 Å². The molecule has 18 nitrogen and oxygen atoms in total. The van der Waals surface area contributed by atoms with Gasteiger partial charge in [-0.3, -0.25) is 33.6 Å². The molecule has 0 aromatic rings. The van der Waals surface area contributed by atoms with Crippen molar-refractivity contribution in [1.82, 2.24) is 26.6 Å². The summed E-state index contributed by atoms with van der Waals surface area (Å²) in [4.78, 5) is 101. The third-order valence-electron chi connectivity index (χ3n) is 7.79. The fourth-order valence-corrected chi connectivity index (χ4v) is 5.09. The molecule has 0 aromatic carbocycles. The molecule has 0 fully saturated rings. The maximum atomic E-state index is 13.7. The van der Waals surface area contributed by atoms with Crippen LogP contribution in [-0.4, -0.2) is 97.0 Å². The normalized spacial score (nSPS) is 14.7. The molecule has 0 aliphatic heterocycles. The van der Waals surface area contributed by atoms with Gasteiger partial charge < -0.3 is 60.0 Å². The molecule has 0 aromatic heterocycles. The molecule has 7 amide bonds. The number of hydrogen-bond acceptors (Lipinski definition) is 11. The van der Waals surface area contributed by atoms with Gasteiger partial charge in [0.2, 0.25) is 41.4 Å². The number of amides is 7. The number of rotatable bonds is 28. The van der Waals surface area contributed by atoms with Gasteiger partial charge in [-0.2, -0.15) is 0 Å². The number of carbonyl (C=O) groups is 8. The van der Waals surface area contributed by atoms with Crippen molar-refractivity contribution in [3.05, 3.63) is 0 Å². The highest BCUT2D eigenvalue weighted by Gasteiger charge is 2.33. The molecular weight excluding hydrogens is 664 g/mol. The first-order valence-electron chi connectivity index (χ1n) is 17.6. The maximum Gasteiger partial charge on any atom is 0.243 e. The zero-order valence-electron chi connectivity index (χ0n) is 30.5. The van der Waals surface area contributed by atoms with Crippen molar-refractivity contribution in [3.8, 4) is 0 Å². The molecule has 51 heavy (non-hydrogen) atoms. The third-order valence-corrected chi connectivity index (χ3v) is 7.79. The monoisotopic (exact) mass is 726 g/mol. The molecule has 0 unspecified atom stereocenters. The molecule has 0 rings (SSSR count). The van der Waals surface area contributed by atoms with Crippen molar-refractivity contribution < 1.29 is 38.4 Å². The van der Waals surface area contributed by atoms with E-state index in [0.29, 0.717) is 51.5 Å². The molecule has 0 saturated heterocycles. The first-order chi connectivity index (χ1) is 23.9. The molecule has 292 valence electrons. The van der Waals surface area contributed by atoms with E-state index in [0.717, 1.165) is 0 Å². The minimum Gasteiger partial charge on any atom is -0.370 e. The number of nitrogens with two attached hydrogens (primary N) is 5. The van der Waals surface area contributed by atoms with Gasteiger partial charge in [0.25, 0.3) is 0 Å². The number of primary amides is 2. The van der Waals surface area contributed by atoms with Crippen molar-refractivity contribution in [3.63, 3.8) is 0 Å². The van der Waals surface area contributed by atoms with Crippen LogP contribution in [0, 0.1) is 11.8 Å². The second-order valence-electron chi connectivity index (χ2n) is 13.6. The lowest BCUT2D eigenvalue weighted by Gasteiger charge is -2.28. The van der Waals surface area contributed by atoms with Crippen LogP contribution in [0.3, 0.4) is 0 Å². The topological polar surface area (TPSA) is 327 Å². The van der Waals surface area contributed by atoms with Crippen LogP contribution < -0.4 is 55.3 Å². The Balaban J connectivity index is 6.16. The summed E-state index contributed by atoms with van der Waals surface area (Å²) in [5.41, 5.74) is 27.4. The molecule has 0 saturated carbocycles. The summed E-state index contributed by atoms with van der Waals surface area (Å²) < 4.78 is 0. The Morgan fingerprint density at radius 2 is 0.961 bits per heavy atom. The minimum absolute atomic E-state index is 0.0737. The predicted molar refractivity (Wildman–Crippen MR) is 191 cm³/mol. The van der Waals surface area contributed by atoms with Gasteiger partial charge in [-0.15, -0.1) is 0 Å². The Hall–Kier alpha value is -4.16. The molecule has 0 bridgehead atoms. The van der Waals surface area contributed by atoms with Crippen LogP contribution in [-0.2, 0) is 38.4 Å². The van der Waals surface area contributed by atoms with Gasteiger partial charge in [-0.05, 0) is 82.7 Å². The Morgan fingerprint density at radius 3 is 1.39 bits per heavy atom. The highest BCUT2D eigenvalue weighted by molar-refractivity contribution is 5.96. The van der Waals surface area contributed by atoms with E-state index in [-0.39, 0.29) is 43.9 Å². The number of unbranched alkanes of at least 4 members (excludes halogenated alkanes) is 2. The summed E-state index contributed by atoms with van der Waals surface area (Å²) in [6.07, 6.45) is 2.81. The van der Waals surface area contributed by atoms with Crippen LogP contribution in [0.1, 0.15) is 98.3 Å². The van der Waals surface area contributed by atoms with Crippen LogP contribution in [0.25, 0.3) is 0 Å². The van der Waals surface area contributed by atoms with E-state index in [2.05, 4.69) is 26.6 Å². The SMILES string of the molecule is CC(C)C[C@H](NC(=O)[C@H](CC(C)C)NC(=O)[C@@H](N)CC(N)=O)C(=O)N[C@@H](CCC(N)=O)C(=O)N[C@@H](CCCCN)C(=O)N[C@H](C=O)CCCCN. The van der Waals surface area contributed by atoms with Crippen LogP contribution in [0.15, 0.2) is 0 Å². The zero-order valence-corrected chi connectivity index (χ0v) is 30.5. The predicted octanol–water partition coefficient (Wildman–Crippen LogP) is -2.57. The van der Waals surface area contributed by atoms with E-state index >= 15 is 0 Å². The van der Waals surface area contributed by atoms with Crippen LogP contribution >= 0.6 is 0 Å². The Bertz CT molecular complexity index is 1150. The second-order valence-corrected chi connectivity index (χ2v) is 13.6. The average molecular weight is 727 g/mol. The molecular formula is C33H62N10O8. The standard InChI is InChI=1S/C33H62N10O8/c1-19(2)15-25(42-29(47)22(36)17-28(38)46)33(51)43-26(16-20(3)4)32(50)41-24(11-12-27(37)45)31(49)40-23(10-6-8-14-35)30(48)39-21(18-44)9-5-7-13-34/h18-26H,5-17,34-36H2,1-4H3,(H2,37,45)(H2,38,46)(H,39,48)(H,40,49)(H,41,50)(H,42,47)(H,43,51)/t21-,22-,23-,24-,25-,26-/m0/s1. The third kappa shape index (κ3) is 21.0. The van der Waals surface area contributed by atoms with Crippen LogP contribution in [0.4, 0.5) is 0 Å². The molecule has 0 aliphatic rings. The molecule has 0 radical (unpaired) electrons. The van der Waals surface area contributed by atoms with Gasteiger partial charge in [0.15, 0.2) is 0 Å². The Labute approximate surface area is 300 Å². The van der Waals surface area contributed by atoms with Crippen molar-refractivity contribution in [1.29, 1.82) is 0 Å². The number of nitrogens with one attached hydrogen (secondary N) is 5. The van der Waals surface area contributed by atoms with Crippen molar-refractivity contribution >= 4 is 47.6 Å². The molecule has 18 heteroatoms. The smallest absolute Gasteiger partial charge is 0.243 e. The molecule has 0 aliphatic carbocycles. The lowest BCUT2D eigenvalue weighted by atomic mass is 9.99. The van der Waals surface area contributed by atoms with Gasteiger partial charge in [-0.25, -0.2) is 0 Å². The Morgan fingerprint density at radius 1 is 0.549 bits per heavy atom. The number of carbonyl (C=O) groups excluding carboxylic acids is 8. The maximum absolute atomic E-state index is 13.7. The number of hydrogen-bond donors (Lipinski definition) is 10. The van der Waals surface area contributed by atoms with Crippen LogP contribution in [0.2, 0.25) is 0 Å². The van der Waals surface area contributed by atoms with Crippen LogP contribution in [0.5, 0.6) is 0 Å².